The zero-order chi connectivity index (χ0) is 21.2. The Morgan fingerprint density at radius 3 is 2.52 bits per heavy atom. The molecule has 0 aliphatic carbocycles. The van der Waals surface area contributed by atoms with E-state index in [0.29, 0.717) is 11.8 Å². The van der Waals surface area contributed by atoms with Crippen LogP contribution in [0.15, 0.2) is 43.1 Å². The Labute approximate surface area is 181 Å². The van der Waals surface area contributed by atoms with Crippen LogP contribution >= 0.6 is 0 Å². The van der Waals surface area contributed by atoms with Crippen molar-refractivity contribution in [2.75, 3.05) is 20.2 Å². The average molecular weight is 459 g/mol. The molecule has 0 radical (unpaired) electrons. The average Bonchev–Trinajstić information content (AvgIpc) is 2.71. The zero-order valence-corrected chi connectivity index (χ0v) is 18.0. The molecule has 2 unspecified atom stereocenters. The third-order valence-electron chi connectivity index (χ3n) is 5.82. The van der Waals surface area contributed by atoms with Gasteiger partial charge in [0.2, 0.25) is 0 Å². The minimum atomic E-state index is -4.67. The van der Waals surface area contributed by atoms with E-state index in [1.807, 2.05) is 24.3 Å². The van der Waals surface area contributed by atoms with Gasteiger partial charge in [0.1, 0.15) is 5.75 Å². The Morgan fingerprint density at radius 2 is 1.97 bits per heavy atom. The number of hydrogen-bond donors (Lipinski definition) is 3. The summed E-state index contributed by atoms with van der Waals surface area (Å²) >= 11 is 0. The Balaban J connectivity index is 0.000000622. The lowest BCUT2D eigenvalue weighted by molar-refractivity contribution is -0.0444. The molecule has 5 rings (SSSR count). The number of nitrogens with zero attached hydrogens (tertiary/aromatic N) is 2. The van der Waals surface area contributed by atoms with E-state index in [1.165, 1.54) is 6.42 Å². The van der Waals surface area contributed by atoms with Gasteiger partial charge in [-0.15, -0.1) is 6.58 Å². The van der Waals surface area contributed by atoms with Crippen LogP contribution in [-0.2, 0) is 10.4 Å². The van der Waals surface area contributed by atoms with Crippen molar-refractivity contribution in [3.63, 3.8) is 0 Å². The van der Waals surface area contributed by atoms with Crippen molar-refractivity contribution in [3.8, 4) is 5.75 Å². The summed E-state index contributed by atoms with van der Waals surface area (Å²) in [5.74, 6) is 2.01. The highest BCUT2D eigenvalue weighted by Crippen LogP contribution is 2.42. The Kier molecular flexibility index (Phi) is 9.51. The maximum atomic E-state index is 11.2. The monoisotopic (exact) mass is 458 g/mol. The van der Waals surface area contributed by atoms with E-state index >= 15 is 0 Å². The standard InChI is InChI=1S/C20H24N2O2.H2O4S.2H2O/c1-3-13-12-22-9-7-14(13)10-19(22)20(23)16-6-8-21-18-5-4-15(24-2)11-17(16)18;1-5(2,3)4;;/h3-6,8,11,13-14,19-20,23H,1,7,9-10,12H2,2H3;(H2,1,2,3,4);2*1H2/t13?,14-,19-,20+;;;/m0.../s1. The summed E-state index contributed by atoms with van der Waals surface area (Å²) in [6.07, 6.45) is 5.62. The predicted octanol–water partition coefficient (Wildman–Crippen LogP) is 0.871. The molecule has 2 aromatic rings. The molecule has 10 nitrogen and oxygen atoms in total. The number of piperidine rings is 3. The smallest absolute Gasteiger partial charge is 0.394 e. The van der Waals surface area contributed by atoms with Crippen molar-refractivity contribution in [1.82, 2.24) is 9.88 Å². The molecular weight excluding hydrogens is 428 g/mol. The minimum absolute atomic E-state index is 0. The first-order valence-corrected chi connectivity index (χ1v) is 10.8. The summed E-state index contributed by atoms with van der Waals surface area (Å²) < 4.78 is 36.9. The van der Waals surface area contributed by atoms with Crippen LogP contribution in [-0.4, -0.2) is 69.7 Å². The van der Waals surface area contributed by atoms with Crippen molar-refractivity contribution in [2.45, 2.75) is 25.0 Å². The molecule has 3 aliphatic rings. The van der Waals surface area contributed by atoms with Crippen LogP contribution in [0.2, 0.25) is 0 Å². The molecule has 1 aromatic heterocycles. The molecule has 174 valence electrons. The van der Waals surface area contributed by atoms with E-state index in [9.17, 15) is 5.11 Å². The SMILES string of the molecule is C=CC1CN2CC[C@H]1C[C@H]2[C@H](O)c1ccnc2ccc(OC)cc12.O.O.O=S(=O)(O)O. The summed E-state index contributed by atoms with van der Waals surface area (Å²) in [7, 11) is -3.01. The van der Waals surface area contributed by atoms with Gasteiger partial charge in [-0.3, -0.25) is 19.0 Å². The fraction of sp³-hybridized carbons (Fsp3) is 0.450. The molecule has 0 saturated carbocycles. The second kappa shape index (κ2) is 11.0. The van der Waals surface area contributed by atoms with Crippen LogP contribution in [0.25, 0.3) is 10.9 Å². The molecule has 11 heteroatoms. The molecule has 1 aromatic carbocycles. The maximum absolute atomic E-state index is 11.2. The molecule has 2 bridgehead atoms. The molecule has 3 saturated heterocycles. The first-order valence-electron chi connectivity index (χ1n) is 9.38. The topological polar surface area (TPSA) is 183 Å². The number of aromatic nitrogens is 1. The van der Waals surface area contributed by atoms with Crippen molar-refractivity contribution in [1.29, 1.82) is 0 Å². The molecule has 4 heterocycles. The number of fused-ring (bicyclic) bond motifs is 4. The first kappa shape index (κ1) is 26.9. The number of benzene rings is 1. The van der Waals surface area contributed by atoms with E-state index in [0.717, 1.165) is 41.7 Å². The number of ether oxygens (including phenoxy) is 1. The van der Waals surface area contributed by atoms with Gasteiger partial charge in [0.05, 0.1) is 18.7 Å². The molecule has 7 N–H and O–H groups in total. The van der Waals surface area contributed by atoms with Gasteiger partial charge >= 0.3 is 10.4 Å². The van der Waals surface area contributed by atoms with E-state index < -0.39 is 16.5 Å². The van der Waals surface area contributed by atoms with Gasteiger partial charge in [0.15, 0.2) is 0 Å². The first-order chi connectivity index (χ1) is 13.7. The van der Waals surface area contributed by atoms with Crippen LogP contribution < -0.4 is 4.74 Å². The van der Waals surface area contributed by atoms with Gasteiger partial charge in [-0.25, -0.2) is 0 Å². The van der Waals surface area contributed by atoms with Gasteiger partial charge in [-0.1, -0.05) is 6.08 Å². The fourth-order valence-electron chi connectivity index (χ4n) is 4.44. The van der Waals surface area contributed by atoms with Crippen molar-refractivity contribution >= 4 is 21.3 Å². The molecule has 0 amide bonds. The van der Waals surface area contributed by atoms with Crippen LogP contribution in [0, 0.1) is 11.8 Å². The number of aliphatic hydroxyl groups is 1. The third-order valence-corrected chi connectivity index (χ3v) is 5.82. The highest BCUT2D eigenvalue weighted by atomic mass is 32.3. The molecule has 0 spiro atoms. The lowest BCUT2D eigenvalue weighted by atomic mass is 9.73. The normalized spacial score (nSPS) is 25.3. The summed E-state index contributed by atoms with van der Waals surface area (Å²) in [5.41, 5.74) is 1.85. The Hall–Kier alpha value is -2.12. The van der Waals surface area contributed by atoms with Gasteiger partial charge in [-0.05, 0) is 61.1 Å². The van der Waals surface area contributed by atoms with Crippen LogP contribution in [0.1, 0.15) is 24.5 Å². The Bertz CT molecular complexity index is 976. The predicted molar refractivity (Wildman–Crippen MR) is 116 cm³/mol. The molecule has 3 aliphatic heterocycles. The fourth-order valence-corrected chi connectivity index (χ4v) is 4.44. The van der Waals surface area contributed by atoms with Gasteiger partial charge in [0, 0.05) is 24.2 Å². The van der Waals surface area contributed by atoms with Crippen molar-refractivity contribution < 1.29 is 38.3 Å². The van der Waals surface area contributed by atoms with Crippen molar-refractivity contribution in [2.24, 2.45) is 11.8 Å². The van der Waals surface area contributed by atoms with Crippen LogP contribution in [0.5, 0.6) is 5.75 Å². The number of methoxy groups -OCH3 is 1. The number of rotatable bonds is 4. The summed E-state index contributed by atoms with van der Waals surface area (Å²) in [6.45, 7) is 6.07. The minimum Gasteiger partial charge on any atom is -0.497 e. The van der Waals surface area contributed by atoms with Gasteiger partial charge in [0.25, 0.3) is 0 Å². The maximum Gasteiger partial charge on any atom is 0.394 e. The van der Waals surface area contributed by atoms with E-state index in [1.54, 1.807) is 13.3 Å². The molecule has 5 atom stereocenters. The highest BCUT2D eigenvalue weighted by molar-refractivity contribution is 7.79. The van der Waals surface area contributed by atoms with E-state index in [2.05, 4.69) is 22.5 Å². The summed E-state index contributed by atoms with van der Waals surface area (Å²) in [4.78, 5) is 6.86. The number of hydrogen-bond acceptors (Lipinski definition) is 6. The molecular formula is C20H30N2O8S. The van der Waals surface area contributed by atoms with Crippen LogP contribution in [0.3, 0.4) is 0 Å². The highest BCUT2D eigenvalue weighted by Gasteiger charge is 2.42. The third kappa shape index (κ3) is 6.43. The zero-order valence-electron chi connectivity index (χ0n) is 17.2. The van der Waals surface area contributed by atoms with Gasteiger partial charge < -0.3 is 20.8 Å². The second-order valence-corrected chi connectivity index (χ2v) is 8.32. The van der Waals surface area contributed by atoms with Gasteiger partial charge in [-0.2, -0.15) is 8.42 Å². The van der Waals surface area contributed by atoms with Crippen LogP contribution in [0.4, 0.5) is 0 Å². The molecule has 3 fully saturated rings. The lowest BCUT2D eigenvalue weighted by Gasteiger charge is -2.50. The molecule has 31 heavy (non-hydrogen) atoms. The Morgan fingerprint density at radius 1 is 1.29 bits per heavy atom. The quantitative estimate of drug-likeness (QED) is 0.445. The summed E-state index contributed by atoms with van der Waals surface area (Å²) in [5, 5.41) is 12.1. The largest absolute Gasteiger partial charge is 0.497 e. The summed E-state index contributed by atoms with van der Waals surface area (Å²) in [6, 6.07) is 7.96. The second-order valence-electron chi connectivity index (χ2n) is 7.42. The van der Waals surface area contributed by atoms with E-state index in [-0.39, 0.29) is 17.0 Å². The van der Waals surface area contributed by atoms with Crippen molar-refractivity contribution in [3.05, 3.63) is 48.7 Å². The number of pyridine rings is 1. The van der Waals surface area contributed by atoms with E-state index in [4.69, 9.17) is 22.3 Å². The lowest BCUT2D eigenvalue weighted by Crippen LogP contribution is -2.54. The number of aliphatic hydroxyl groups excluding tert-OH is 1.